The van der Waals surface area contributed by atoms with Gasteiger partial charge in [-0.05, 0) is 37.1 Å². The van der Waals surface area contributed by atoms with E-state index < -0.39 is 15.8 Å². The molecule has 8 heteroatoms. The van der Waals surface area contributed by atoms with Crippen LogP contribution in [0.2, 0.25) is 0 Å². The highest BCUT2D eigenvalue weighted by molar-refractivity contribution is 7.89. The summed E-state index contributed by atoms with van der Waals surface area (Å²) >= 11 is 1.34. The third kappa shape index (κ3) is 5.40. The Morgan fingerprint density at radius 1 is 1.15 bits per heavy atom. The quantitative estimate of drug-likeness (QED) is 0.727. The third-order valence-corrected chi connectivity index (χ3v) is 5.55. The van der Waals surface area contributed by atoms with Gasteiger partial charge in [0.1, 0.15) is 5.00 Å². The summed E-state index contributed by atoms with van der Waals surface area (Å²) in [6.45, 7) is 3.94. The topological polar surface area (TPSA) is 89.5 Å². The molecule has 1 N–H and O–H groups in total. The normalized spacial score (nSPS) is 11.2. The molecule has 1 aromatic carbocycles. The number of thiophene rings is 1. The maximum absolute atomic E-state index is 12.5. The number of amides is 1. The lowest BCUT2D eigenvalue weighted by atomic mass is 10.1. The molecule has 2 rings (SSSR count). The van der Waals surface area contributed by atoms with Crippen molar-refractivity contribution in [3.05, 3.63) is 51.9 Å². The molecular weight excluding hydrogens is 374 g/mol. The number of benzene rings is 1. The van der Waals surface area contributed by atoms with E-state index in [0.29, 0.717) is 21.7 Å². The van der Waals surface area contributed by atoms with E-state index in [-0.39, 0.29) is 18.3 Å². The molecule has 1 heterocycles. The Morgan fingerprint density at radius 3 is 2.35 bits per heavy atom. The molecule has 1 amide bonds. The second kappa shape index (κ2) is 8.46. The van der Waals surface area contributed by atoms with E-state index in [2.05, 4.69) is 5.32 Å². The van der Waals surface area contributed by atoms with Crippen LogP contribution < -0.4 is 5.32 Å². The first-order valence-electron chi connectivity index (χ1n) is 8.11. The molecule has 140 valence electrons. The largest absolute Gasteiger partial charge is 0.462 e. The van der Waals surface area contributed by atoms with Gasteiger partial charge < -0.3 is 10.1 Å². The van der Waals surface area contributed by atoms with Gasteiger partial charge in [0, 0.05) is 16.7 Å². The van der Waals surface area contributed by atoms with E-state index in [4.69, 9.17) is 4.74 Å². The van der Waals surface area contributed by atoms with Crippen LogP contribution in [0.3, 0.4) is 0 Å². The summed E-state index contributed by atoms with van der Waals surface area (Å²) in [5.41, 5.74) is 1.33. The average molecular weight is 396 g/mol. The van der Waals surface area contributed by atoms with Crippen LogP contribution >= 0.6 is 11.3 Å². The van der Waals surface area contributed by atoms with Gasteiger partial charge in [0.05, 0.1) is 17.9 Å². The lowest BCUT2D eigenvalue weighted by molar-refractivity contribution is 0.0528. The van der Waals surface area contributed by atoms with Crippen molar-refractivity contribution < 1.29 is 22.7 Å². The molecule has 2 aromatic rings. The van der Waals surface area contributed by atoms with Gasteiger partial charge in [-0.3, -0.25) is 4.79 Å². The van der Waals surface area contributed by atoms with Crippen molar-refractivity contribution in [2.24, 2.45) is 0 Å². The zero-order chi connectivity index (χ0) is 19.3. The van der Waals surface area contributed by atoms with Crippen LogP contribution in [-0.2, 0) is 26.7 Å². The number of aryl methyl sites for hydroxylation is 1. The average Bonchev–Trinajstić information content (AvgIpc) is 2.97. The van der Waals surface area contributed by atoms with Crippen molar-refractivity contribution in [3.8, 4) is 0 Å². The molecule has 0 unspecified atom stereocenters. The summed E-state index contributed by atoms with van der Waals surface area (Å²) in [5.74, 6) is -0.916. The fourth-order valence-corrected chi connectivity index (χ4v) is 4.08. The van der Waals surface area contributed by atoms with Gasteiger partial charge in [-0.2, -0.15) is 0 Å². The number of carbonyl (C=O) groups is 2. The fourth-order valence-electron chi connectivity index (χ4n) is 2.30. The molecule has 0 radical (unpaired) electrons. The van der Waals surface area contributed by atoms with Crippen molar-refractivity contribution in [1.82, 2.24) is 0 Å². The van der Waals surface area contributed by atoms with Crippen LogP contribution in [0.1, 0.15) is 45.0 Å². The lowest BCUT2D eigenvalue weighted by Crippen LogP contribution is -2.14. The number of rotatable bonds is 7. The highest BCUT2D eigenvalue weighted by Crippen LogP contribution is 2.29. The minimum Gasteiger partial charge on any atom is -0.462 e. The molecule has 26 heavy (non-hydrogen) atoms. The summed E-state index contributed by atoms with van der Waals surface area (Å²) in [6, 6.07) is 8.07. The first kappa shape index (κ1) is 20.1. The molecule has 0 bridgehead atoms. The Balaban J connectivity index is 2.19. The molecule has 6 nitrogen and oxygen atoms in total. The minimum atomic E-state index is -3.13. The van der Waals surface area contributed by atoms with Gasteiger partial charge >= 0.3 is 5.97 Å². The van der Waals surface area contributed by atoms with Gasteiger partial charge in [-0.25, -0.2) is 13.2 Å². The smallest absolute Gasteiger partial charge is 0.341 e. The van der Waals surface area contributed by atoms with Crippen molar-refractivity contribution in [2.45, 2.75) is 26.0 Å². The van der Waals surface area contributed by atoms with Crippen LogP contribution in [0.5, 0.6) is 0 Å². The van der Waals surface area contributed by atoms with E-state index in [1.54, 1.807) is 37.3 Å². The van der Waals surface area contributed by atoms with Crippen molar-refractivity contribution in [3.63, 3.8) is 0 Å². The molecule has 0 saturated carbocycles. The zero-order valence-electron chi connectivity index (χ0n) is 14.9. The van der Waals surface area contributed by atoms with E-state index >= 15 is 0 Å². The number of hydrogen-bond donors (Lipinski definition) is 1. The zero-order valence-corrected chi connectivity index (χ0v) is 16.5. The molecule has 0 spiro atoms. The lowest BCUT2D eigenvalue weighted by Gasteiger charge is -2.07. The number of sulfone groups is 1. The van der Waals surface area contributed by atoms with Crippen molar-refractivity contribution in [2.75, 3.05) is 18.2 Å². The molecule has 0 aliphatic heterocycles. The van der Waals surface area contributed by atoms with Gasteiger partial charge in [-0.15, -0.1) is 11.3 Å². The van der Waals surface area contributed by atoms with Crippen molar-refractivity contribution in [1.29, 1.82) is 0 Å². The first-order valence-corrected chi connectivity index (χ1v) is 11.0. The summed E-state index contributed by atoms with van der Waals surface area (Å²) in [7, 11) is -3.13. The molecule has 0 aliphatic rings. The number of esters is 1. The Hall–Kier alpha value is -2.19. The molecule has 0 aliphatic carbocycles. The van der Waals surface area contributed by atoms with Crippen molar-refractivity contribution >= 4 is 38.1 Å². The number of hydrogen-bond acceptors (Lipinski definition) is 6. The van der Waals surface area contributed by atoms with Crippen LogP contribution in [0, 0.1) is 0 Å². The predicted molar refractivity (Wildman–Crippen MR) is 103 cm³/mol. The maximum Gasteiger partial charge on any atom is 0.341 e. The predicted octanol–water partition coefficient (Wildman–Crippen LogP) is 3.28. The van der Waals surface area contributed by atoms with E-state index in [9.17, 15) is 18.0 Å². The number of nitrogens with one attached hydrogen (secondary N) is 1. The Morgan fingerprint density at radius 2 is 1.81 bits per heavy atom. The third-order valence-electron chi connectivity index (χ3n) is 3.50. The van der Waals surface area contributed by atoms with Crippen LogP contribution in [0.25, 0.3) is 0 Å². The van der Waals surface area contributed by atoms with E-state index in [1.165, 1.54) is 11.3 Å². The van der Waals surface area contributed by atoms with Gasteiger partial charge in [-0.1, -0.05) is 19.1 Å². The van der Waals surface area contributed by atoms with E-state index in [0.717, 1.165) is 17.6 Å². The summed E-state index contributed by atoms with van der Waals surface area (Å²) in [5, 5.41) is 3.20. The molecule has 0 fully saturated rings. The number of carbonyl (C=O) groups excluding carboxylic acids is 2. The maximum atomic E-state index is 12.5. The summed E-state index contributed by atoms with van der Waals surface area (Å²) in [6.07, 6.45) is 1.90. The number of ether oxygens (including phenoxy) is 1. The molecule has 1 aromatic heterocycles. The minimum absolute atomic E-state index is 0.0767. The second-order valence-corrected chi connectivity index (χ2v) is 9.03. The van der Waals surface area contributed by atoms with E-state index in [1.807, 2.05) is 6.92 Å². The van der Waals surface area contributed by atoms with Crippen LogP contribution in [0.15, 0.2) is 30.3 Å². The Kier molecular flexibility index (Phi) is 6.55. The molecule has 0 atom stereocenters. The first-order chi connectivity index (χ1) is 12.2. The van der Waals surface area contributed by atoms with Gasteiger partial charge in [0.25, 0.3) is 5.91 Å². The number of anilines is 1. The fraction of sp³-hybridized carbons (Fsp3) is 0.333. The summed E-state index contributed by atoms with van der Waals surface area (Å²) < 4.78 is 27.7. The monoisotopic (exact) mass is 395 g/mol. The highest BCUT2D eigenvalue weighted by Gasteiger charge is 2.19. The van der Waals surface area contributed by atoms with Crippen LogP contribution in [-0.4, -0.2) is 33.2 Å². The Labute approximate surface area is 157 Å². The Bertz CT molecular complexity index is 898. The second-order valence-electron chi connectivity index (χ2n) is 5.75. The highest BCUT2D eigenvalue weighted by atomic mass is 32.2. The van der Waals surface area contributed by atoms with Crippen LogP contribution in [0.4, 0.5) is 5.00 Å². The molecular formula is C18H21NO5S2. The molecule has 0 saturated heterocycles. The SMILES string of the molecule is CCOC(=O)c1cc(CC)sc1NC(=O)c1ccc(CS(C)(=O)=O)cc1. The van der Waals surface area contributed by atoms with Gasteiger partial charge in [0.2, 0.25) is 0 Å². The standard InChI is InChI=1S/C18H21NO5S2/c1-4-14-10-15(18(21)24-5-2)17(25-14)19-16(20)13-8-6-12(7-9-13)11-26(3,22)23/h6-10H,4-5,11H2,1-3H3,(H,19,20). The summed E-state index contributed by atoms with van der Waals surface area (Å²) in [4.78, 5) is 25.5. The van der Waals surface area contributed by atoms with Gasteiger partial charge in [0.15, 0.2) is 9.84 Å².